The maximum atomic E-state index is 12.9. The summed E-state index contributed by atoms with van der Waals surface area (Å²) < 4.78 is 0. The molecule has 7 nitrogen and oxygen atoms in total. The summed E-state index contributed by atoms with van der Waals surface area (Å²) in [5.74, 6) is 1.88. The van der Waals surface area contributed by atoms with Crippen molar-refractivity contribution in [1.29, 1.82) is 0 Å². The molecule has 2 aliphatic heterocycles. The van der Waals surface area contributed by atoms with Gasteiger partial charge in [-0.3, -0.25) is 19.3 Å². The molecular formula is C26H32N4O3S. The number of nitrogens with one attached hydrogen (secondary N) is 1. The van der Waals surface area contributed by atoms with Crippen LogP contribution in [0.15, 0.2) is 48.5 Å². The SMILES string of the molecule is Cc1cccc(C(=O)N2CCCN(CC(=O)Nc3cccc(C(=O)N4CCSCC4)c3)CC2)c1. The lowest BCUT2D eigenvalue weighted by molar-refractivity contribution is -0.117. The standard InChI is InChI=1S/C26H32N4O3S/c1-20-5-2-6-21(17-20)25(32)29-10-4-9-28(11-12-29)19-24(31)27-23-8-3-7-22(18-23)26(33)30-13-15-34-16-14-30/h2-3,5-8,17-18H,4,9-16,19H2,1H3,(H,27,31). The predicted octanol–water partition coefficient (Wildman–Crippen LogP) is 2.97. The van der Waals surface area contributed by atoms with Crippen molar-refractivity contribution in [2.45, 2.75) is 13.3 Å². The van der Waals surface area contributed by atoms with E-state index in [1.807, 2.05) is 64.9 Å². The van der Waals surface area contributed by atoms with Gasteiger partial charge in [-0.1, -0.05) is 23.8 Å². The zero-order chi connectivity index (χ0) is 23.9. The smallest absolute Gasteiger partial charge is 0.253 e. The molecule has 0 radical (unpaired) electrons. The summed E-state index contributed by atoms with van der Waals surface area (Å²) in [7, 11) is 0. The van der Waals surface area contributed by atoms with Crippen LogP contribution in [0.1, 0.15) is 32.7 Å². The van der Waals surface area contributed by atoms with Gasteiger partial charge in [0.2, 0.25) is 5.91 Å². The molecule has 2 fully saturated rings. The number of carbonyl (C=O) groups excluding carboxylic acids is 3. The fourth-order valence-electron chi connectivity index (χ4n) is 4.38. The molecule has 2 aliphatic rings. The monoisotopic (exact) mass is 480 g/mol. The highest BCUT2D eigenvalue weighted by atomic mass is 32.2. The molecule has 2 aromatic rings. The number of thioether (sulfide) groups is 1. The van der Waals surface area contributed by atoms with Gasteiger partial charge < -0.3 is 15.1 Å². The van der Waals surface area contributed by atoms with Crippen molar-refractivity contribution < 1.29 is 14.4 Å². The summed E-state index contributed by atoms with van der Waals surface area (Å²) in [6.07, 6.45) is 0.822. The third-order valence-corrected chi connectivity index (χ3v) is 7.14. The Morgan fingerprint density at radius 1 is 0.824 bits per heavy atom. The van der Waals surface area contributed by atoms with Crippen LogP contribution in [0.5, 0.6) is 0 Å². The molecule has 34 heavy (non-hydrogen) atoms. The maximum absolute atomic E-state index is 12.9. The fraction of sp³-hybridized carbons (Fsp3) is 0.423. The first-order valence-electron chi connectivity index (χ1n) is 11.8. The van der Waals surface area contributed by atoms with Crippen LogP contribution >= 0.6 is 11.8 Å². The molecule has 8 heteroatoms. The lowest BCUT2D eigenvalue weighted by atomic mass is 10.1. The van der Waals surface area contributed by atoms with Gasteiger partial charge in [0, 0.05) is 67.6 Å². The maximum Gasteiger partial charge on any atom is 0.253 e. The number of carbonyl (C=O) groups is 3. The van der Waals surface area contributed by atoms with E-state index in [0.717, 1.165) is 43.1 Å². The Kier molecular flexibility index (Phi) is 8.24. The zero-order valence-electron chi connectivity index (χ0n) is 19.7. The Morgan fingerprint density at radius 3 is 2.24 bits per heavy atom. The van der Waals surface area contributed by atoms with E-state index >= 15 is 0 Å². The van der Waals surface area contributed by atoms with E-state index in [2.05, 4.69) is 10.2 Å². The molecule has 0 saturated carbocycles. The number of nitrogens with zero attached hydrogens (tertiary/aromatic N) is 3. The molecule has 1 N–H and O–H groups in total. The van der Waals surface area contributed by atoms with Crippen LogP contribution in [0, 0.1) is 6.92 Å². The van der Waals surface area contributed by atoms with Gasteiger partial charge in [-0.15, -0.1) is 0 Å². The zero-order valence-corrected chi connectivity index (χ0v) is 20.5. The number of hydrogen-bond donors (Lipinski definition) is 1. The topological polar surface area (TPSA) is 73.0 Å². The lowest BCUT2D eigenvalue weighted by Crippen LogP contribution is -2.38. The molecule has 2 heterocycles. The summed E-state index contributed by atoms with van der Waals surface area (Å²) >= 11 is 1.86. The van der Waals surface area contributed by atoms with Gasteiger partial charge >= 0.3 is 0 Å². The largest absolute Gasteiger partial charge is 0.337 e. The third kappa shape index (κ3) is 6.39. The molecular weight excluding hydrogens is 448 g/mol. The van der Waals surface area contributed by atoms with E-state index in [1.54, 1.807) is 12.1 Å². The van der Waals surface area contributed by atoms with Crippen molar-refractivity contribution in [3.8, 4) is 0 Å². The average Bonchev–Trinajstić information content (AvgIpc) is 3.09. The molecule has 2 saturated heterocycles. The number of benzene rings is 2. The van der Waals surface area contributed by atoms with Gasteiger partial charge in [-0.25, -0.2) is 0 Å². The Bertz CT molecular complexity index is 1040. The van der Waals surface area contributed by atoms with Crippen molar-refractivity contribution in [3.63, 3.8) is 0 Å². The Labute approximate surface area is 205 Å². The molecule has 0 aliphatic carbocycles. The molecule has 0 atom stereocenters. The Balaban J connectivity index is 1.29. The second-order valence-electron chi connectivity index (χ2n) is 8.82. The van der Waals surface area contributed by atoms with Crippen LogP contribution in [-0.2, 0) is 4.79 Å². The van der Waals surface area contributed by atoms with Crippen molar-refractivity contribution in [2.24, 2.45) is 0 Å². The van der Waals surface area contributed by atoms with Crippen LogP contribution in [0.4, 0.5) is 5.69 Å². The summed E-state index contributed by atoms with van der Waals surface area (Å²) in [6, 6.07) is 14.8. The lowest BCUT2D eigenvalue weighted by Gasteiger charge is -2.26. The molecule has 3 amide bonds. The van der Waals surface area contributed by atoms with E-state index < -0.39 is 0 Å². The van der Waals surface area contributed by atoms with Gasteiger partial charge in [-0.2, -0.15) is 11.8 Å². The first-order valence-corrected chi connectivity index (χ1v) is 13.0. The number of hydrogen-bond acceptors (Lipinski definition) is 5. The fourth-order valence-corrected chi connectivity index (χ4v) is 5.28. The highest BCUT2D eigenvalue weighted by Crippen LogP contribution is 2.17. The molecule has 0 bridgehead atoms. The highest BCUT2D eigenvalue weighted by Gasteiger charge is 2.22. The molecule has 4 rings (SSSR count). The minimum Gasteiger partial charge on any atom is -0.337 e. The number of aryl methyl sites for hydroxylation is 1. The second kappa shape index (κ2) is 11.5. The van der Waals surface area contributed by atoms with Crippen molar-refractivity contribution >= 4 is 35.2 Å². The van der Waals surface area contributed by atoms with E-state index in [4.69, 9.17) is 0 Å². The third-order valence-electron chi connectivity index (χ3n) is 6.20. The van der Waals surface area contributed by atoms with Gasteiger partial charge in [0.05, 0.1) is 6.54 Å². The first-order chi connectivity index (χ1) is 16.5. The van der Waals surface area contributed by atoms with E-state index in [-0.39, 0.29) is 24.3 Å². The Morgan fingerprint density at radius 2 is 1.50 bits per heavy atom. The number of anilines is 1. The number of amides is 3. The normalized spacial score (nSPS) is 17.2. The van der Waals surface area contributed by atoms with Crippen molar-refractivity contribution in [1.82, 2.24) is 14.7 Å². The van der Waals surface area contributed by atoms with Gasteiger partial charge in [0.1, 0.15) is 0 Å². The van der Waals surface area contributed by atoms with Crippen LogP contribution in [0.3, 0.4) is 0 Å². The molecule has 0 unspecified atom stereocenters. The van der Waals surface area contributed by atoms with Crippen LogP contribution in [-0.4, -0.2) is 89.7 Å². The van der Waals surface area contributed by atoms with Gasteiger partial charge in [0.25, 0.3) is 11.8 Å². The number of rotatable bonds is 5. The molecule has 0 spiro atoms. The van der Waals surface area contributed by atoms with Crippen molar-refractivity contribution in [2.75, 3.05) is 62.6 Å². The summed E-state index contributed by atoms with van der Waals surface area (Å²) in [5.41, 5.74) is 3.02. The van der Waals surface area contributed by atoms with E-state index in [1.165, 1.54) is 0 Å². The second-order valence-corrected chi connectivity index (χ2v) is 10.0. The highest BCUT2D eigenvalue weighted by molar-refractivity contribution is 7.99. The quantitative estimate of drug-likeness (QED) is 0.712. The van der Waals surface area contributed by atoms with Crippen LogP contribution in [0.25, 0.3) is 0 Å². The molecule has 0 aromatic heterocycles. The summed E-state index contributed by atoms with van der Waals surface area (Å²) in [4.78, 5) is 44.2. The minimum absolute atomic E-state index is 0.0160. The van der Waals surface area contributed by atoms with E-state index in [9.17, 15) is 14.4 Å². The molecule has 2 aromatic carbocycles. The van der Waals surface area contributed by atoms with Crippen molar-refractivity contribution in [3.05, 3.63) is 65.2 Å². The van der Waals surface area contributed by atoms with Crippen LogP contribution < -0.4 is 5.32 Å². The summed E-state index contributed by atoms with van der Waals surface area (Å²) in [6.45, 7) is 6.46. The predicted molar refractivity (Wildman–Crippen MR) is 136 cm³/mol. The first kappa shape index (κ1) is 24.3. The summed E-state index contributed by atoms with van der Waals surface area (Å²) in [5, 5.41) is 2.94. The Hall–Kier alpha value is -2.84. The van der Waals surface area contributed by atoms with E-state index in [0.29, 0.717) is 36.4 Å². The average molecular weight is 481 g/mol. The minimum atomic E-state index is -0.113. The van der Waals surface area contributed by atoms with Gasteiger partial charge in [0.15, 0.2) is 0 Å². The van der Waals surface area contributed by atoms with Crippen LogP contribution in [0.2, 0.25) is 0 Å². The van der Waals surface area contributed by atoms with Gasteiger partial charge in [-0.05, 0) is 43.7 Å². The molecule has 180 valence electrons.